The molecule has 2 rings (SSSR count). The van der Waals surface area contributed by atoms with E-state index >= 15 is 0 Å². The van der Waals surface area contributed by atoms with Gasteiger partial charge < -0.3 is 15.0 Å². The van der Waals surface area contributed by atoms with E-state index in [2.05, 4.69) is 41.3 Å². The molecule has 0 amide bonds. The zero-order chi connectivity index (χ0) is 13.5. The van der Waals surface area contributed by atoms with Crippen LogP contribution >= 0.6 is 0 Å². The highest BCUT2D eigenvalue weighted by Crippen LogP contribution is 2.28. The van der Waals surface area contributed by atoms with Crippen LogP contribution in [0.3, 0.4) is 0 Å². The summed E-state index contributed by atoms with van der Waals surface area (Å²) >= 11 is 0. The van der Waals surface area contributed by atoms with Gasteiger partial charge in [-0.1, -0.05) is 6.92 Å². The van der Waals surface area contributed by atoms with E-state index in [0.717, 1.165) is 44.6 Å². The summed E-state index contributed by atoms with van der Waals surface area (Å²) in [6.07, 6.45) is 4.58. The second-order valence-corrected chi connectivity index (χ2v) is 5.24. The molecule has 0 saturated heterocycles. The summed E-state index contributed by atoms with van der Waals surface area (Å²) in [5, 5.41) is 3.33. The van der Waals surface area contributed by atoms with E-state index in [1.54, 1.807) is 0 Å². The maximum absolute atomic E-state index is 5.66. The van der Waals surface area contributed by atoms with Crippen LogP contribution in [-0.4, -0.2) is 38.3 Å². The second-order valence-electron chi connectivity index (χ2n) is 5.24. The van der Waals surface area contributed by atoms with Crippen molar-refractivity contribution in [3.63, 3.8) is 0 Å². The lowest BCUT2D eigenvalue weighted by Crippen LogP contribution is -2.24. The Hall–Kier alpha value is -1.13. The Labute approximate surface area is 116 Å². The SMILES string of the molecule is CCNCc1ccnc(N(C)CCOCC2CC2)c1. The molecular formula is C15H25N3O. The van der Waals surface area contributed by atoms with Gasteiger partial charge in [0.2, 0.25) is 0 Å². The van der Waals surface area contributed by atoms with E-state index in [4.69, 9.17) is 4.74 Å². The molecule has 1 heterocycles. The summed E-state index contributed by atoms with van der Waals surface area (Å²) in [5.41, 5.74) is 1.28. The lowest BCUT2D eigenvalue weighted by molar-refractivity contribution is 0.131. The van der Waals surface area contributed by atoms with Crippen LogP contribution in [0.25, 0.3) is 0 Å². The maximum Gasteiger partial charge on any atom is 0.128 e. The summed E-state index contributed by atoms with van der Waals surface area (Å²) in [6.45, 7) is 6.62. The first-order chi connectivity index (χ1) is 9.29. The van der Waals surface area contributed by atoms with Gasteiger partial charge in [-0.2, -0.15) is 0 Å². The first-order valence-corrected chi connectivity index (χ1v) is 7.24. The molecule has 1 aromatic rings. The number of hydrogen-bond donors (Lipinski definition) is 1. The zero-order valence-corrected chi connectivity index (χ0v) is 12.1. The monoisotopic (exact) mass is 263 g/mol. The van der Waals surface area contributed by atoms with Gasteiger partial charge >= 0.3 is 0 Å². The van der Waals surface area contributed by atoms with Gasteiger partial charge in [0.1, 0.15) is 5.82 Å². The van der Waals surface area contributed by atoms with E-state index in [1.807, 2.05) is 6.20 Å². The van der Waals surface area contributed by atoms with E-state index in [9.17, 15) is 0 Å². The molecule has 1 saturated carbocycles. The molecule has 19 heavy (non-hydrogen) atoms. The molecule has 4 heteroatoms. The Morgan fingerprint density at radius 1 is 1.47 bits per heavy atom. The first-order valence-electron chi connectivity index (χ1n) is 7.24. The molecule has 0 aromatic carbocycles. The molecule has 0 spiro atoms. The van der Waals surface area contributed by atoms with Crippen LogP contribution in [0.4, 0.5) is 5.82 Å². The Bertz CT molecular complexity index is 379. The Morgan fingerprint density at radius 3 is 3.05 bits per heavy atom. The van der Waals surface area contributed by atoms with Crippen LogP contribution in [0.15, 0.2) is 18.3 Å². The zero-order valence-electron chi connectivity index (χ0n) is 12.1. The number of hydrogen-bond acceptors (Lipinski definition) is 4. The van der Waals surface area contributed by atoms with Crippen molar-refractivity contribution in [2.75, 3.05) is 38.3 Å². The van der Waals surface area contributed by atoms with Crippen molar-refractivity contribution in [2.45, 2.75) is 26.3 Å². The van der Waals surface area contributed by atoms with Crippen molar-refractivity contribution >= 4 is 5.82 Å². The fourth-order valence-electron chi connectivity index (χ4n) is 1.90. The lowest BCUT2D eigenvalue weighted by atomic mass is 10.2. The minimum absolute atomic E-state index is 0.784. The van der Waals surface area contributed by atoms with Crippen molar-refractivity contribution < 1.29 is 4.74 Å². The van der Waals surface area contributed by atoms with Crippen LogP contribution in [0.1, 0.15) is 25.3 Å². The number of ether oxygens (including phenoxy) is 1. The van der Waals surface area contributed by atoms with E-state index in [1.165, 1.54) is 18.4 Å². The summed E-state index contributed by atoms with van der Waals surface area (Å²) in [4.78, 5) is 6.57. The van der Waals surface area contributed by atoms with Crippen molar-refractivity contribution in [1.29, 1.82) is 0 Å². The van der Waals surface area contributed by atoms with Gasteiger partial charge in [-0.05, 0) is 43.0 Å². The largest absolute Gasteiger partial charge is 0.379 e. The third-order valence-electron chi connectivity index (χ3n) is 3.40. The van der Waals surface area contributed by atoms with Crippen LogP contribution in [-0.2, 0) is 11.3 Å². The highest BCUT2D eigenvalue weighted by atomic mass is 16.5. The number of nitrogens with one attached hydrogen (secondary N) is 1. The minimum atomic E-state index is 0.784. The predicted octanol–water partition coefficient (Wildman–Crippen LogP) is 2.05. The van der Waals surface area contributed by atoms with Crippen LogP contribution < -0.4 is 10.2 Å². The number of anilines is 1. The van der Waals surface area contributed by atoms with Gasteiger partial charge in [0.05, 0.1) is 6.61 Å². The molecule has 1 fully saturated rings. The molecule has 106 valence electrons. The van der Waals surface area contributed by atoms with Crippen LogP contribution in [0.5, 0.6) is 0 Å². The molecular weight excluding hydrogens is 238 g/mol. The van der Waals surface area contributed by atoms with Crippen LogP contribution in [0, 0.1) is 5.92 Å². The number of likely N-dealkylation sites (N-methyl/N-ethyl adjacent to an activating group) is 1. The van der Waals surface area contributed by atoms with E-state index in [-0.39, 0.29) is 0 Å². The van der Waals surface area contributed by atoms with E-state index < -0.39 is 0 Å². The predicted molar refractivity (Wildman–Crippen MR) is 78.4 cm³/mol. The van der Waals surface area contributed by atoms with Gasteiger partial charge in [-0.3, -0.25) is 0 Å². The summed E-state index contributed by atoms with van der Waals surface area (Å²) < 4.78 is 5.66. The topological polar surface area (TPSA) is 37.4 Å². The Kier molecular flexibility index (Phi) is 5.61. The van der Waals surface area contributed by atoms with Gasteiger partial charge in [0.25, 0.3) is 0 Å². The molecule has 0 radical (unpaired) electrons. The van der Waals surface area contributed by atoms with Crippen molar-refractivity contribution in [3.8, 4) is 0 Å². The molecule has 0 bridgehead atoms. The molecule has 0 unspecified atom stereocenters. The standard InChI is InChI=1S/C15H25N3O/c1-3-16-11-14-6-7-17-15(10-14)18(2)8-9-19-12-13-4-5-13/h6-7,10,13,16H,3-5,8-9,11-12H2,1-2H3. The van der Waals surface area contributed by atoms with Crippen molar-refractivity contribution in [3.05, 3.63) is 23.9 Å². The average Bonchev–Trinajstić information content (AvgIpc) is 3.25. The molecule has 1 aliphatic carbocycles. The number of rotatable bonds is 9. The van der Waals surface area contributed by atoms with E-state index in [0.29, 0.717) is 0 Å². The third kappa shape index (κ3) is 5.17. The fraction of sp³-hybridized carbons (Fsp3) is 0.667. The van der Waals surface area contributed by atoms with Crippen LogP contribution in [0.2, 0.25) is 0 Å². The third-order valence-corrected chi connectivity index (χ3v) is 3.40. The Morgan fingerprint density at radius 2 is 2.32 bits per heavy atom. The summed E-state index contributed by atoms with van der Waals surface area (Å²) in [6, 6.07) is 4.20. The molecule has 1 N–H and O–H groups in total. The highest BCUT2D eigenvalue weighted by Gasteiger charge is 2.20. The molecule has 1 aromatic heterocycles. The maximum atomic E-state index is 5.66. The highest BCUT2D eigenvalue weighted by molar-refractivity contribution is 5.39. The summed E-state index contributed by atoms with van der Waals surface area (Å²) in [7, 11) is 2.07. The normalized spacial score (nSPS) is 14.6. The molecule has 4 nitrogen and oxygen atoms in total. The Balaban J connectivity index is 1.74. The molecule has 0 atom stereocenters. The average molecular weight is 263 g/mol. The minimum Gasteiger partial charge on any atom is -0.379 e. The number of aromatic nitrogens is 1. The first kappa shape index (κ1) is 14.3. The van der Waals surface area contributed by atoms with Gasteiger partial charge in [-0.25, -0.2) is 4.98 Å². The second kappa shape index (κ2) is 7.46. The van der Waals surface area contributed by atoms with Gasteiger partial charge in [-0.15, -0.1) is 0 Å². The molecule has 1 aliphatic rings. The fourth-order valence-corrected chi connectivity index (χ4v) is 1.90. The van der Waals surface area contributed by atoms with Gasteiger partial charge in [0, 0.05) is 32.9 Å². The lowest BCUT2D eigenvalue weighted by Gasteiger charge is -2.18. The number of pyridine rings is 1. The van der Waals surface area contributed by atoms with Crippen molar-refractivity contribution in [2.24, 2.45) is 5.92 Å². The van der Waals surface area contributed by atoms with Crippen molar-refractivity contribution in [1.82, 2.24) is 10.3 Å². The van der Waals surface area contributed by atoms with Gasteiger partial charge in [0.15, 0.2) is 0 Å². The molecule has 0 aliphatic heterocycles. The quantitative estimate of drug-likeness (QED) is 0.692. The smallest absolute Gasteiger partial charge is 0.128 e. The number of nitrogens with zero attached hydrogens (tertiary/aromatic N) is 2. The summed E-state index contributed by atoms with van der Waals surface area (Å²) in [5.74, 6) is 1.86.